The Balaban J connectivity index is 1.91. The van der Waals surface area contributed by atoms with Crippen LogP contribution in [0.2, 0.25) is 0 Å². The lowest BCUT2D eigenvalue weighted by Gasteiger charge is -2.13. The summed E-state index contributed by atoms with van der Waals surface area (Å²) in [6.45, 7) is 5.49. The van der Waals surface area contributed by atoms with Crippen LogP contribution in [-0.2, 0) is 14.3 Å². The molecule has 1 N–H and O–H groups in total. The molecule has 0 bridgehead atoms. The molecule has 0 unspecified atom stereocenters. The Morgan fingerprint density at radius 3 is 2.36 bits per heavy atom. The van der Waals surface area contributed by atoms with Crippen molar-refractivity contribution >= 4 is 39.6 Å². The van der Waals surface area contributed by atoms with Gasteiger partial charge < -0.3 is 10.1 Å². The minimum absolute atomic E-state index is 0.387. The smallest absolute Gasteiger partial charge is 0.331 e. The topological polar surface area (TPSA) is 55.4 Å². The van der Waals surface area contributed by atoms with Gasteiger partial charge in [0.2, 0.25) is 0 Å². The second-order valence-corrected chi connectivity index (χ2v) is 6.65. The van der Waals surface area contributed by atoms with E-state index in [1.807, 2.05) is 50.2 Å². The maximum Gasteiger partial charge on any atom is 0.331 e. The zero-order chi connectivity index (χ0) is 18.4. The minimum atomic E-state index is -0.900. The number of amides is 1. The quantitative estimate of drug-likeness (QED) is 0.585. The number of hydrogen-bond acceptors (Lipinski definition) is 3. The third kappa shape index (κ3) is 5.87. The van der Waals surface area contributed by atoms with Crippen molar-refractivity contribution in [3.05, 3.63) is 69.7 Å². The summed E-state index contributed by atoms with van der Waals surface area (Å²) in [6, 6.07) is 13.3. The molecule has 25 heavy (non-hydrogen) atoms. The lowest BCUT2D eigenvalue weighted by atomic mass is 10.1. The highest BCUT2D eigenvalue weighted by Gasteiger charge is 2.17. The number of hydrogen-bond donors (Lipinski definition) is 1. The molecule has 0 fully saturated rings. The molecular formula is C20H20BrNO3. The van der Waals surface area contributed by atoms with Crippen LogP contribution >= 0.6 is 15.9 Å². The van der Waals surface area contributed by atoms with Crippen LogP contribution in [0.15, 0.2) is 53.0 Å². The van der Waals surface area contributed by atoms with Gasteiger partial charge in [-0.15, -0.1) is 0 Å². The van der Waals surface area contributed by atoms with Crippen LogP contribution < -0.4 is 5.32 Å². The molecule has 5 heteroatoms. The molecule has 4 nitrogen and oxygen atoms in total. The van der Waals surface area contributed by atoms with Gasteiger partial charge in [0.15, 0.2) is 6.10 Å². The Morgan fingerprint density at radius 1 is 1.08 bits per heavy atom. The van der Waals surface area contributed by atoms with Crippen molar-refractivity contribution in [3.8, 4) is 0 Å². The van der Waals surface area contributed by atoms with Gasteiger partial charge in [-0.1, -0.05) is 35.9 Å². The first-order valence-electron chi connectivity index (χ1n) is 7.87. The number of esters is 1. The van der Waals surface area contributed by atoms with E-state index in [0.29, 0.717) is 5.69 Å². The van der Waals surface area contributed by atoms with E-state index in [-0.39, 0.29) is 5.91 Å². The van der Waals surface area contributed by atoms with Gasteiger partial charge in [-0.25, -0.2) is 4.79 Å². The summed E-state index contributed by atoms with van der Waals surface area (Å²) >= 11 is 3.40. The molecule has 0 spiro atoms. The Kier molecular flexibility index (Phi) is 6.53. The highest BCUT2D eigenvalue weighted by atomic mass is 79.9. The van der Waals surface area contributed by atoms with Gasteiger partial charge in [0.1, 0.15) is 0 Å². The molecule has 0 saturated carbocycles. The summed E-state index contributed by atoms with van der Waals surface area (Å²) < 4.78 is 5.92. The van der Waals surface area contributed by atoms with Crippen LogP contribution in [0, 0.1) is 13.8 Å². The predicted octanol–water partition coefficient (Wildman–Crippen LogP) is 4.65. The van der Waals surface area contributed by atoms with Crippen molar-refractivity contribution in [1.29, 1.82) is 0 Å². The zero-order valence-corrected chi connectivity index (χ0v) is 16.0. The maximum absolute atomic E-state index is 12.2. The fourth-order valence-corrected chi connectivity index (χ4v) is 2.66. The van der Waals surface area contributed by atoms with E-state index in [1.54, 1.807) is 12.1 Å². The van der Waals surface area contributed by atoms with E-state index in [4.69, 9.17) is 4.74 Å². The van der Waals surface area contributed by atoms with Gasteiger partial charge in [0, 0.05) is 10.5 Å². The van der Waals surface area contributed by atoms with Crippen LogP contribution in [0.5, 0.6) is 0 Å². The average molecular weight is 402 g/mol. The minimum Gasteiger partial charge on any atom is -0.449 e. The summed E-state index contributed by atoms with van der Waals surface area (Å²) in [5.41, 5.74) is 3.75. The third-order valence-corrected chi connectivity index (χ3v) is 4.19. The Morgan fingerprint density at radius 2 is 1.72 bits per heavy atom. The van der Waals surface area contributed by atoms with Gasteiger partial charge >= 0.3 is 5.97 Å². The number of rotatable bonds is 5. The van der Waals surface area contributed by atoms with Crippen LogP contribution in [0.25, 0.3) is 6.08 Å². The summed E-state index contributed by atoms with van der Waals surface area (Å²) in [5, 5.41) is 2.74. The average Bonchev–Trinajstić information content (AvgIpc) is 2.56. The molecule has 0 aliphatic carbocycles. The lowest BCUT2D eigenvalue weighted by Crippen LogP contribution is -2.29. The summed E-state index contributed by atoms with van der Waals surface area (Å²) in [6.07, 6.45) is 2.07. The highest BCUT2D eigenvalue weighted by molar-refractivity contribution is 9.10. The van der Waals surface area contributed by atoms with Gasteiger partial charge in [0.25, 0.3) is 5.91 Å². The van der Waals surface area contributed by atoms with Crippen molar-refractivity contribution < 1.29 is 14.3 Å². The van der Waals surface area contributed by atoms with E-state index in [1.165, 1.54) is 13.0 Å². The molecule has 130 valence electrons. The van der Waals surface area contributed by atoms with E-state index in [9.17, 15) is 9.59 Å². The molecule has 2 rings (SSSR count). The molecule has 0 aliphatic rings. The van der Waals surface area contributed by atoms with Gasteiger partial charge in [-0.05, 0) is 66.0 Å². The van der Waals surface area contributed by atoms with Crippen molar-refractivity contribution in [2.45, 2.75) is 26.9 Å². The number of halogens is 1. The number of ether oxygens (including phenoxy) is 1. The number of aryl methyl sites for hydroxylation is 2. The van der Waals surface area contributed by atoms with E-state index < -0.39 is 12.1 Å². The first-order valence-corrected chi connectivity index (χ1v) is 8.67. The molecule has 1 amide bonds. The van der Waals surface area contributed by atoms with Gasteiger partial charge in [-0.3, -0.25) is 4.79 Å². The van der Waals surface area contributed by atoms with Crippen LogP contribution in [-0.4, -0.2) is 18.0 Å². The SMILES string of the molecule is Cc1ccc(/C=C/C(=O)O[C@H](C)C(=O)Nc2ccc(C)cc2Br)cc1. The van der Waals surface area contributed by atoms with Gasteiger partial charge in [0.05, 0.1) is 5.69 Å². The second kappa shape index (κ2) is 8.62. The van der Waals surface area contributed by atoms with Crippen molar-refractivity contribution in [2.75, 3.05) is 5.32 Å². The molecule has 0 saturated heterocycles. The fraction of sp³-hybridized carbons (Fsp3) is 0.200. The van der Waals surface area contributed by atoms with E-state index in [2.05, 4.69) is 21.2 Å². The molecule has 0 aliphatic heterocycles. The normalized spacial score (nSPS) is 12.0. The van der Waals surface area contributed by atoms with Crippen LogP contribution in [0.4, 0.5) is 5.69 Å². The van der Waals surface area contributed by atoms with Gasteiger partial charge in [-0.2, -0.15) is 0 Å². The molecule has 0 aromatic heterocycles. The number of nitrogens with one attached hydrogen (secondary N) is 1. The fourth-order valence-electron chi connectivity index (χ4n) is 2.06. The van der Waals surface area contributed by atoms with Crippen LogP contribution in [0.1, 0.15) is 23.6 Å². The van der Waals surface area contributed by atoms with Crippen molar-refractivity contribution in [3.63, 3.8) is 0 Å². The van der Waals surface area contributed by atoms with Crippen LogP contribution in [0.3, 0.4) is 0 Å². The zero-order valence-electron chi connectivity index (χ0n) is 14.4. The summed E-state index contributed by atoms with van der Waals surface area (Å²) in [5.74, 6) is -0.951. The number of anilines is 1. The van der Waals surface area contributed by atoms with Crippen molar-refractivity contribution in [2.24, 2.45) is 0 Å². The lowest BCUT2D eigenvalue weighted by molar-refractivity contribution is -0.148. The first-order chi connectivity index (χ1) is 11.8. The number of benzene rings is 2. The second-order valence-electron chi connectivity index (χ2n) is 5.80. The Hall–Kier alpha value is -2.40. The summed E-state index contributed by atoms with van der Waals surface area (Å²) in [7, 11) is 0. The van der Waals surface area contributed by atoms with Crippen molar-refractivity contribution in [1.82, 2.24) is 0 Å². The molecular weight excluding hydrogens is 382 g/mol. The standard InChI is InChI=1S/C20H20BrNO3/c1-13-4-7-16(8-5-13)9-11-19(23)25-15(3)20(24)22-18-10-6-14(2)12-17(18)21/h4-12,15H,1-3H3,(H,22,24)/b11-9+/t15-/m1/s1. The highest BCUT2D eigenvalue weighted by Crippen LogP contribution is 2.23. The molecule has 0 heterocycles. The third-order valence-electron chi connectivity index (χ3n) is 3.53. The van der Waals surface area contributed by atoms with E-state index in [0.717, 1.165) is 21.2 Å². The monoisotopic (exact) mass is 401 g/mol. The molecule has 1 atom stereocenters. The predicted molar refractivity (Wildman–Crippen MR) is 103 cm³/mol. The van der Waals surface area contributed by atoms with E-state index >= 15 is 0 Å². The first kappa shape index (κ1) is 18.9. The Labute approximate surface area is 156 Å². The number of carbonyl (C=O) groups excluding carboxylic acids is 2. The largest absolute Gasteiger partial charge is 0.449 e. The molecule has 2 aromatic carbocycles. The molecule has 2 aromatic rings. The summed E-state index contributed by atoms with van der Waals surface area (Å²) in [4.78, 5) is 24.0. The number of carbonyl (C=O) groups is 2. The maximum atomic E-state index is 12.2. The Bertz CT molecular complexity index is 797. The molecule has 0 radical (unpaired) electrons.